The molecule has 1 aromatic carbocycles. The number of anilines is 1. The average molecular weight is 376 g/mol. The summed E-state index contributed by atoms with van der Waals surface area (Å²) in [5, 5.41) is 3.22. The molecule has 116 valence electrons. The van der Waals surface area contributed by atoms with E-state index < -0.39 is 9.84 Å². The third-order valence-electron chi connectivity index (χ3n) is 3.30. The number of hydrogen-bond donors (Lipinski definition) is 1. The first-order chi connectivity index (χ1) is 9.91. The highest BCUT2D eigenvalue weighted by Crippen LogP contribution is 2.26. The zero-order valence-corrected chi connectivity index (χ0v) is 14.2. The van der Waals surface area contributed by atoms with Gasteiger partial charge in [0.05, 0.1) is 23.7 Å². The molecule has 1 fully saturated rings. The van der Waals surface area contributed by atoms with Gasteiger partial charge in [-0.15, -0.1) is 0 Å². The SMILES string of the molecule is CCOC(=O)c1ccc(NC2CCCS(=O)(=O)C2)c(Br)c1. The maximum absolute atomic E-state index is 11.6. The third kappa shape index (κ3) is 4.44. The third-order valence-corrected chi connectivity index (χ3v) is 5.78. The van der Waals surface area contributed by atoms with Gasteiger partial charge in [-0.3, -0.25) is 0 Å². The van der Waals surface area contributed by atoms with Crippen molar-refractivity contribution >= 4 is 37.4 Å². The Morgan fingerprint density at radius 1 is 1.48 bits per heavy atom. The molecule has 1 unspecified atom stereocenters. The number of ether oxygens (including phenoxy) is 1. The van der Waals surface area contributed by atoms with Gasteiger partial charge in [0.15, 0.2) is 9.84 Å². The Hall–Kier alpha value is -1.08. The molecule has 21 heavy (non-hydrogen) atoms. The molecule has 1 aliphatic heterocycles. The summed E-state index contributed by atoms with van der Waals surface area (Å²) in [6.07, 6.45) is 1.50. The zero-order chi connectivity index (χ0) is 15.5. The van der Waals surface area contributed by atoms with Crippen molar-refractivity contribution in [1.29, 1.82) is 0 Å². The van der Waals surface area contributed by atoms with Crippen LogP contribution in [0.1, 0.15) is 30.1 Å². The van der Waals surface area contributed by atoms with Gasteiger partial charge < -0.3 is 10.1 Å². The smallest absolute Gasteiger partial charge is 0.338 e. The number of nitrogens with one attached hydrogen (secondary N) is 1. The Kier molecular flexibility index (Phi) is 5.27. The number of carbonyl (C=O) groups is 1. The molecule has 1 N–H and O–H groups in total. The van der Waals surface area contributed by atoms with E-state index in [0.29, 0.717) is 18.6 Å². The van der Waals surface area contributed by atoms with Gasteiger partial charge in [0.1, 0.15) is 0 Å². The first-order valence-corrected chi connectivity index (χ1v) is 9.46. The van der Waals surface area contributed by atoms with E-state index in [0.717, 1.165) is 16.6 Å². The molecule has 7 heteroatoms. The molecular formula is C14H18BrNO4S. The molecule has 5 nitrogen and oxygen atoms in total. The van der Waals surface area contributed by atoms with E-state index in [2.05, 4.69) is 21.2 Å². The normalized spacial score (nSPS) is 20.8. The summed E-state index contributed by atoms with van der Waals surface area (Å²) in [6, 6.07) is 5.02. The van der Waals surface area contributed by atoms with Crippen molar-refractivity contribution < 1.29 is 17.9 Å². The Labute approximate surface area is 133 Å². The summed E-state index contributed by atoms with van der Waals surface area (Å²) >= 11 is 3.40. The summed E-state index contributed by atoms with van der Waals surface area (Å²) in [5.74, 6) is 0.0534. The van der Waals surface area contributed by atoms with Gasteiger partial charge >= 0.3 is 5.97 Å². The molecule has 0 radical (unpaired) electrons. The van der Waals surface area contributed by atoms with Crippen molar-refractivity contribution in [2.24, 2.45) is 0 Å². The number of hydrogen-bond acceptors (Lipinski definition) is 5. The zero-order valence-electron chi connectivity index (χ0n) is 11.8. The van der Waals surface area contributed by atoms with E-state index in [1.54, 1.807) is 25.1 Å². The Morgan fingerprint density at radius 3 is 2.86 bits per heavy atom. The second-order valence-electron chi connectivity index (χ2n) is 5.01. The lowest BCUT2D eigenvalue weighted by atomic mass is 10.1. The Bertz CT molecular complexity index is 630. The fraction of sp³-hybridized carbons (Fsp3) is 0.500. The molecule has 0 bridgehead atoms. The molecule has 1 saturated heterocycles. The summed E-state index contributed by atoms with van der Waals surface area (Å²) in [4.78, 5) is 11.6. The molecule has 0 saturated carbocycles. The predicted molar refractivity (Wildman–Crippen MR) is 85.4 cm³/mol. The monoisotopic (exact) mass is 375 g/mol. The van der Waals surface area contributed by atoms with E-state index in [9.17, 15) is 13.2 Å². The lowest BCUT2D eigenvalue weighted by Crippen LogP contribution is -2.34. The van der Waals surface area contributed by atoms with E-state index in [-0.39, 0.29) is 23.5 Å². The first kappa shape index (κ1) is 16.3. The largest absolute Gasteiger partial charge is 0.462 e. The quantitative estimate of drug-likeness (QED) is 0.818. The van der Waals surface area contributed by atoms with Gasteiger partial charge in [0.25, 0.3) is 0 Å². The summed E-state index contributed by atoms with van der Waals surface area (Å²) in [5.41, 5.74) is 1.25. The molecule has 0 amide bonds. The van der Waals surface area contributed by atoms with E-state index in [1.807, 2.05) is 0 Å². The van der Waals surface area contributed by atoms with Crippen molar-refractivity contribution in [1.82, 2.24) is 0 Å². The molecule has 0 spiro atoms. The first-order valence-electron chi connectivity index (χ1n) is 6.85. The molecule has 0 aromatic heterocycles. The molecular weight excluding hydrogens is 358 g/mol. The highest BCUT2D eigenvalue weighted by molar-refractivity contribution is 9.10. The molecule has 0 aliphatic carbocycles. The van der Waals surface area contributed by atoms with Crippen LogP contribution in [-0.4, -0.2) is 38.5 Å². The molecule has 1 aliphatic rings. The van der Waals surface area contributed by atoms with Crippen molar-refractivity contribution in [3.05, 3.63) is 28.2 Å². The van der Waals surface area contributed by atoms with Gasteiger partial charge in [0.2, 0.25) is 0 Å². The highest BCUT2D eigenvalue weighted by atomic mass is 79.9. The van der Waals surface area contributed by atoms with Crippen LogP contribution in [0.25, 0.3) is 0 Å². The summed E-state index contributed by atoms with van der Waals surface area (Å²) in [6.45, 7) is 2.09. The second kappa shape index (κ2) is 6.79. The lowest BCUT2D eigenvalue weighted by molar-refractivity contribution is 0.0526. The summed E-state index contributed by atoms with van der Waals surface area (Å²) in [7, 11) is -2.95. The van der Waals surface area contributed by atoms with Gasteiger partial charge in [-0.05, 0) is 53.9 Å². The summed E-state index contributed by atoms with van der Waals surface area (Å²) < 4.78 is 28.9. The predicted octanol–water partition coefficient (Wildman–Crippen LogP) is 2.61. The van der Waals surface area contributed by atoms with Gasteiger partial charge in [-0.25, -0.2) is 13.2 Å². The van der Waals surface area contributed by atoms with Gasteiger partial charge in [-0.1, -0.05) is 0 Å². The standard InChI is InChI=1S/C14H18BrNO4S/c1-2-20-14(17)10-5-6-13(12(15)8-10)16-11-4-3-7-21(18,19)9-11/h5-6,8,11,16H,2-4,7,9H2,1H3. The maximum Gasteiger partial charge on any atom is 0.338 e. The van der Waals surface area contributed by atoms with Crippen LogP contribution < -0.4 is 5.32 Å². The fourth-order valence-electron chi connectivity index (χ4n) is 2.33. The van der Waals surface area contributed by atoms with Crippen LogP contribution in [-0.2, 0) is 14.6 Å². The highest BCUT2D eigenvalue weighted by Gasteiger charge is 2.25. The minimum absolute atomic E-state index is 0.0894. The second-order valence-corrected chi connectivity index (χ2v) is 8.10. The topological polar surface area (TPSA) is 72.5 Å². The lowest BCUT2D eigenvalue weighted by Gasteiger charge is -2.24. The van der Waals surface area contributed by atoms with Crippen LogP contribution in [0.15, 0.2) is 22.7 Å². The Morgan fingerprint density at radius 2 is 2.24 bits per heavy atom. The van der Waals surface area contributed by atoms with Crippen LogP contribution >= 0.6 is 15.9 Å². The van der Waals surface area contributed by atoms with Crippen molar-refractivity contribution in [2.45, 2.75) is 25.8 Å². The molecule has 1 atom stereocenters. The van der Waals surface area contributed by atoms with Gasteiger partial charge in [0, 0.05) is 16.2 Å². The minimum atomic E-state index is -2.95. The Balaban J connectivity index is 2.09. The molecule has 2 rings (SSSR count). The fourth-order valence-corrected chi connectivity index (χ4v) is 4.46. The minimum Gasteiger partial charge on any atom is -0.462 e. The van der Waals surface area contributed by atoms with E-state index in [4.69, 9.17) is 4.74 Å². The van der Waals surface area contributed by atoms with Crippen LogP contribution in [0.3, 0.4) is 0 Å². The van der Waals surface area contributed by atoms with Crippen LogP contribution in [0.2, 0.25) is 0 Å². The molecule has 1 aromatic rings. The number of carbonyl (C=O) groups excluding carboxylic acids is 1. The number of halogens is 1. The van der Waals surface area contributed by atoms with E-state index in [1.165, 1.54) is 0 Å². The van der Waals surface area contributed by atoms with Crippen molar-refractivity contribution in [2.75, 3.05) is 23.4 Å². The van der Waals surface area contributed by atoms with Crippen LogP contribution in [0, 0.1) is 0 Å². The van der Waals surface area contributed by atoms with E-state index >= 15 is 0 Å². The number of benzene rings is 1. The van der Waals surface area contributed by atoms with Gasteiger partial charge in [-0.2, -0.15) is 0 Å². The van der Waals surface area contributed by atoms with Crippen LogP contribution in [0.4, 0.5) is 5.69 Å². The van der Waals surface area contributed by atoms with Crippen LogP contribution in [0.5, 0.6) is 0 Å². The maximum atomic E-state index is 11.6. The van der Waals surface area contributed by atoms with Crippen molar-refractivity contribution in [3.63, 3.8) is 0 Å². The average Bonchev–Trinajstić information content (AvgIpc) is 2.40. The number of sulfone groups is 1. The molecule has 1 heterocycles. The van der Waals surface area contributed by atoms with Crippen molar-refractivity contribution in [3.8, 4) is 0 Å². The number of esters is 1. The number of rotatable bonds is 4.